The number of nitrogens with zero attached hydrogens (tertiary/aromatic N) is 3. The molecular formula is C20H15ClFN5. The van der Waals surface area contributed by atoms with Crippen molar-refractivity contribution in [2.24, 2.45) is 5.73 Å². The molecule has 0 fully saturated rings. The van der Waals surface area contributed by atoms with E-state index < -0.39 is 6.17 Å². The van der Waals surface area contributed by atoms with E-state index in [1.54, 1.807) is 28.9 Å². The fourth-order valence-electron chi connectivity index (χ4n) is 3.25. The molecule has 0 spiro atoms. The fourth-order valence-corrected chi connectivity index (χ4v) is 3.38. The maximum absolute atomic E-state index is 13.3. The van der Waals surface area contributed by atoms with Gasteiger partial charge >= 0.3 is 0 Å². The average molecular weight is 380 g/mol. The zero-order valence-electron chi connectivity index (χ0n) is 14.4. The summed E-state index contributed by atoms with van der Waals surface area (Å²) in [6, 6.07) is 15.5. The molecule has 0 saturated heterocycles. The Morgan fingerprint density at radius 1 is 1.15 bits per heavy atom. The summed E-state index contributed by atoms with van der Waals surface area (Å²) in [5, 5.41) is 18.1. The lowest BCUT2D eigenvalue weighted by molar-refractivity contribution is 0.540. The third-order valence-electron chi connectivity index (χ3n) is 4.54. The number of aromatic nitrogens is 2. The third kappa shape index (κ3) is 2.87. The van der Waals surface area contributed by atoms with Crippen LogP contribution in [0.15, 0.2) is 54.1 Å². The molecule has 1 atom stereocenters. The van der Waals surface area contributed by atoms with Crippen molar-refractivity contribution < 1.29 is 4.39 Å². The lowest BCUT2D eigenvalue weighted by atomic mass is 10.0. The molecule has 4 rings (SSSR count). The van der Waals surface area contributed by atoms with Crippen LogP contribution in [0.25, 0.3) is 16.8 Å². The van der Waals surface area contributed by atoms with E-state index >= 15 is 0 Å². The number of benzene rings is 2. The number of nitrogens with two attached hydrogens (primary N) is 1. The molecular weight excluding hydrogens is 365 g/mol. The third-order valence-corrected chi connectivity index (χ3v) is 4.80. The van der Waals surface area contributed by atoms with Crippen LogP contribution in [0, 0.1) is 24.1 Å². The number of anilines is 1. The van der Waals surface area contributed by atoms with Crippen molar-refractivity contribution >= 4 is 23.1 Å². The second-order valence-electron chi connectivity index (χ2n) is 6.24. The van der Waals surface area contributed by atoms with Crippen molar-refractivity contribution in [2.45, 2.75) is 13.1 Å². The van der Waals surface area contributed by atoms with Gasteiger partial charge in [-0.05, 0) is 54.4 Å². The molecule has 1 aromatic heterocycles. The van der Waals surface area contributed by atoms with Crippen LogP contribution in [-0.4, -0.2) is 9.78 Å². The molecule has 0 saturated carbocycles. The molecule has 3 aromatic rings. The highest BCUT2D eigenvalue weighted by atomic mass is 35.5. The first-order valence-electron chi connectivity index (χ1n) is 8.27. The summed E-state index contributed by atoms with van der Waals surface area (Å²) >= 11 is 6.00. The van der Waals surface area contributed by atoms with Crippen molar-refractivity contribution in [3.63, 3.8) is 0 Å². The molecule has 27 heavy (non-hydrogen) atoms. The Hall–Kier alpha value is -3.14. The first-order valence-corrected chi connectivity index (χ1v) is 8.65. The number of nitrogens with one attached hydrogen (secondary N) is 1. The van der Waals surface area contributed by atoms with Gasteiger partial charge in [0.15, 0.2) is 0 Å². The molecule has 5 nitrogen and oxygen atoms in total. The van der Waals surface area contributed by atoms with E-state index in [4.69, 9.17) is 17.3 Å². The monoisotopic (exact) mass is 379 g/mol. The lowest BCUT2D eigenvalue weighted by Gasteiger charge is -2.26. The summed E-state index contributed by atoms with van der Waals surface area (Å²) < 4.78 is 14.9. The highest BCUT2D eigenvalue weighted by Gasteiger charge is 2.30. The molecule has 0 unspecified atom stereocenters. The van der Waals surface area contributed by atoms with E-state index in [2.05, 4.69) is 16.5 Å². The predicted octanol–water partition coefficient (Wildman–Crippen LogP) is 4.47. The van der Waals surface area contributed by atoms with Crippen LogP contribution in [0.2, 0.25) is 5.02 Å². The van der Waals surface area contributed by atoms with Crippen LogP contribution in [0.1, 0.15) is 17.4 Å². The van der Waals surface area contributed by atoms with Gasteiger partial charge < -0.3 is 11.1 Å². The van der Waals surface area contributed by atoms with Gasteiger partial charge in [0.05, 0.1) is 17.0 Å². The Balaban J connectivity index is 1.88. The largest absolute Gasteiger partial charge is 0.338 e. The topological polar surface area (TPSA) is 79.7 Å². The van der Waals surface area contributed by atoms with Gasteiger partial charge in [0.25, 0.3) is 0 Å². The molecule has 3 N–H and O–H groups in total. The zero-order chi connectivity index (χ0) is 19.1. The van der Waals surface area contributed by atoms with Crippen LogP contribution in [-0.2, 0) is 0 Å². The summed E-state index contributed by atoms with van der Waals surface area (Å²) in [5.74, 6) is 0.335. The number of nitriles is 1. The molecule has 0 amide bonds. The second-order valence-corrected chi connectivity index (χ2v) is 6.67. The van der Waals surface area contributed by atoms with Gasteiger partial charge in [-0.2, -0.15) is 10.4 Å². The van der Waals surface area contributed by atoms with Crippen molar-refractivity contribution in [3.8, 4) is 17.2 Å². The molecule has 0 radical (unpaired) electrons. The number of hydrogen-bond acceptors (Lipinski definition) is 4. The highest BCUT2D eigenvalue weighted by Crippen LogP contribution is 2.40. The molecule has 0 bridgehead atoms. The summed E-state index contributed by atoms with van der Waals surface area (Å²) in [4.78, 5) is 0. The maximum atomic E-state index is 13.3. The van der Waals surface area contributed by atoms with Crippen LogP contribution < -0.4 is 11.1 Å². The number of fused-ring (bicyclic) bond motifs is 1. The van der Waals surface area contributed by atoms with Crippen molar-refractivity contribution in [1.29, 1.82) is 5.26 Å². The molecule has 134 valence electrons. The molecule has 0 aliphatic carbocycles. The van der Waals surface area contributed by atoms with Crippen LogP contribution in [0.3, 0.4) is 0 Å². The number of hydrogen-bond donors (Lipinski definition) is 2. The molecule has 2 heterocycles. The fraction of sp³-hybridized carbons (Fsp3) is 0.100. The van der Waals surface area contributed by atoms with Crippen LogP contribution in [0.5, 0.6) is 0 Å². The smallest absolute Gasteiger partial charge is 0.139 e. The van der Waals surface area contributed by atoms with Crippen molar-refractivity contribution in [3.05, 3.63) is 76.2 Å². The maximum Gasteiger partial charge on any atom is 0.139 e. The van der Waals surface area contributed by atoms with Crippen molar-refractivity contribution in [2.75, 3.05) is 5.32 Å². The summed E-state index contributed by atoms with van der Waals surface area (Å²) in [6.07, 6.45) is -0.744. The van der Waals surface area contributed by atoms with Gasteiger partial charge in [0.1, 0.15) is 23.9 Å². The first kappa shape index (κ1) is 17.3. The quantitative estimate of drug-likeness (QED) is 0.688. The van der Waals surface area contributed by atoms with Gasteiger partial charge in [0.2, 0.25) is 0 Å². The van der Waals surface area contributed by atoms with E-state index in [1.165, 1.54) is 12.1 Å². The first-order chi connectivity index (χ1) is 13.0. The summed E-state index contributed by atoms with van der Waals surface area (Å²) in [5.41, 5.74) is 10.5. The van der Waals surface area contributed by atoms with Crippen LogP contribution >= 0.6 is 11.6 Å². The Kier molecular flexibility index (Phi) is 4.19. The van der Waals surface area contributed by atoms with Gasteiger partial charge in [0, 0.05) is 10.6 Å². The minimum atomic E-state index is -0.744. The van der Waals surface area contributed by atoms with E-state index in [0.717, 1.165) is 16.8 Å². The van der Waals surface area contributed by atoms with Gasteiger partial charge in [-0.3, -0.25) is 0 Å². The standard InChI is InChI=1S/C20H15ClFN5/c1-11-17(12-2-6-14(21)7-3-12)20-25-18(13-4-8-15(22)9-5-13)16(10-23)19(24)27(20)26-11/h2-9,19,25H,24H2,1H3/t19-/m0/s1. The molecule has 7 heteroatoms. The minimum absolute atomic E-state index is 0.333. The Labute approximate surface area is 160 Å². The van der Waals surface area contributed by atoms with Gasteiger partial charge in [-0.25, -0.2) is 9.07 Å². The Morgan fingerprint density at radius 2 is 1.78 bits per heavy atom. The van der Waals surface area contributed by atoms with Gasteiger partial charge in [-0.1, -0.05) is 23.7 Å². The number of halogens is 2. The SMILES string of the molecule is Cc1nn2c(c1-c1ccc(Cl)cc1)NC(c1ccc(F)cc1)=C(C#N)[C@H]2N. The molecule has 1 aliphatic rings. The van der Waals surface area contributed by atoms with Gasteiger partial charge in [-0.15, -0.1) is 0 Å². The van der Waals surface area contributed by atoms with E-state index in [1.807, 2.05) is 19.1 Å². The van der Waals surface area contributed by atoms with E-state index in [-0.39, 0.29) is 5.82 Å². The number of rotatable bonds is 2. The lowest BCUT2D eigenvalue weighted by Crippen LogP contribution is -2.29. The summed E-state index contributed by atoms with van der Waals surface area (Å²) in [6.45, 7) is 1.88. The van der Waals surface area contributed by atoms with E-state index in [0.29, 0.717) is 27.7 Å². The van der Waals surface area contributed by atoms with E-state index in [9.17, 15) is 9.65 Å². The zero-order valence-corrected chi connectivity index (χ0v) is 15.1. The average Bonchev–Trinajstić information content (AvgIpc) is 2.99. The minimum Gasteiger partial charge on any atom is -0.338 e. The molecule has 1 aliphatic heterocycles. The second kappa shape index (κ2) is 6.54. The Bertz CT molecular complexity index is 1090. The van der Waals surface area contributed by atoms with Crippen molar-refractivity contribution in [1.82, 2.24) is 9.78 Å². The predicted molar refractivity (Wildman–Crippen MR) is 103 cm³/mol. The highest BCUT2D eigenvalue weighted by molar-refractivity contribution is 6.30. The Morgan fingerprint density at radius 3 is 2.41 bits per heavy atom. The van der Waals surface area contributed by atoms with Crippen LogP contribution in [0.4, 0.5) is 10.2 Å². The normalized spacial score (nSPS) is 15.9. The number of aryl methyl sites for hydroxylation is 1. The molecule has 2 aromatic carbocycles. The summed E-state index contributed by atoms with van der Waals surface area (Å²) in [7, 11) is 0.